The SMILES string of the molecule is CC1CN(CC(=O)NC(C)C2CC3CCC2C3)CCN1. The molecule has 20 heavy (non-hydrogen) atoms. The first-order valence-corrected chi connectivity index (χ1v) is 8.37. The Hall–Kier alpha value is -0.610. The number of nitrogens with zero attached hydrogens (tertiary/aromatic N) is 1. The summed E-state index contributed by atoms with van der Waals surface area (Å²) in [5, 5.41) is 6.68. The van der Waals surface area contributed by atoms with Gasteiger partial charge in [-0.15, -0.1) is 0 Å². The van der Waals surface area contributed by atoms with E-state index in [-0.39, 0.29) is 5.91 Å². The van der Waals surface area contributed by atoms with E-state index in [1.165, 1.54) is 25.7 Å². The van der Waals surface area contributed by atoms with Crippen LogP contribution >= 0.6 is 0 Å². The van der Waals surface area contributed by atoms with Crippen LogP contribution in [0.5, 0.6) is 0 Å². The Morgan fingerprint density at radius 2 is 2.25 bits per heavy atom. The second kappa shape index (κ2) is 6.02. The zero-order valence-electron chi connectivity index (χ0n) is 12.9. The highest BCUT2D eigenvalue weighted by molar-refractivity contribution is 5.78. The number of hydrogen-bond acceptors (Lipinski definition) is 3. The minimum absolute atomic E-state index is 0.217. The third-order valence-electron chi connectivity index (χ3n) is 5.64. The minimum Gasteiger partial charge on any atom is -0.352 e. The summed E-state index contributed by atoms with van der Waals surface area (Å²) >= 11 is 0. The molecule has 4 heteroatoms. The largest absolute Gasteiger partial charge is 0.352 e. The highest BCUT2D eigenvalue weighted by Crippen LogP contribution is 2.49. The molecule has 2 N–H and O–H groups in total. The molecule has 0 spiro atoms. The molecule has 3 aliphatic rings. The molecule has 0 radical (unpaired) electrons. The van der Waals surface area contributed by atoms with E-state index in [2.05, 4.69) is 29.4 Å². The number of hydrogen-bond donors (Lipinski definition) is 2. The third-order valence-corrected chi connectivity index (χ3v) is 5.64. The number of rotatable bonds is 4. The summed E-state index contributed by atoms with van der Waals surface area (Å²) in [5.41, 5.74) is 0. The first-order valence-electron chi connectivity index (χ1n) is 8.37. The molecule has 1 saturated heterocycles. The first kappa shape index (κ1) is 14.3. The van der Waals surface area contributed by atoms with Crippen LogP contribution in [0.2, 0.25) is 0 Å². The Labute approximate surface area is 122 Å². The van der Waals surface area contributed by atoms with Gasteiger partial charge >= 0.3 is 0 Å². The molecule has 1 heterocycles. The van der Waals surface area contributed by atoms with Gasteiger partial charge in [0.25, 0.3) is 0 Å². The van der Waals surface area contributed by atoms with Gasteiger partial charge in [-0.3, -0.25) is 9.69 Å². The second-order valence-electron chi connectivity index (χ2n) is 7.29. The van der Waals surface area contributed by atoms with E-state index in [0.717, 1.165) is 37.4 Å². The highest BCUT2D eigenvalue weighted by atomic mass is 16.2. The van der Waals surface area contributed by atoms with E-state index in [1.54, 1.807) is 0 Å². The summed E-state index contributed by atoms with van der Waals surface area (Å²) in [5.74, 6) is 2.79. The van der Waals surface area contributed by atoms with Crippen molar-refractivity contribution < 1.29 is 4.79 Å². The summed E-state index contributed by atoms with van der Waals surface area (Å²) in [6.07, 6.45) is 5.59. The maximum Gasteiger partial charge on any atom is 0.234 e. The number of amides is 1. The lowest BCUT2D eigenvalue weighted by atomic mass is 9.84. The van der Waals surface area contributed by atoms with Gasteiger partial charge in [0.1, 0.15) is 0 Å². The van der Waals surface area contributed by atoms with Crippen molar-refractivity contribution in [1.29, 1.82) is 0 Å². The van der Waals surface area contributed by atoms with Crippen LogP contribution in [-0.2, 0) is 4.79 Å². The summed E-state index contributed by atoms with van der Waals surface area (Å²) < 4.78 is 0. The predicted octanol–water partition coefficient (Wildman–Crippen LogP) is 1.22. The quantitative estimate of drug-likeness (QED) is 0.813. The number of fused-ring (bicyclic) bond motifs is 2. The monoisotopic (exact) mass is 279 g/mol. The van der Waals surface area contributed by atoms with Crippen LogP contribution in [-0.4, -0.2) is 49.1 Å². The molecule has 2 aliphatic carbocycles. The average Bonchev–Trinajstić information content (AvgIpc) is 3.00. The van der Waals surface area contributed by atoms with Crippen LogP contribution in [0.25, 0.3) is 0 Å². The molecular formula is C16H29N3O. The molecule has 1 aliphatic heterocycles. The van der Waals surface area contributed by atoms with Crippen molar-refractivity contribution in [2.45, 2.75) is 51.6 Å². The zero-order chi connectivity index (χ0) is 14.1. The molecule has 0 aromatic heterocycles. The number of piperazine rings is 1. The maximum absolute atomic E-state index is 12.2. The van der Waals surface area contributed by atoms with Gasteiger partial charge in [0.2, 0.25) is 5.91 Å². The molecule has 1 amide bonds. The van der Waals surface area contributed by atoms with Gasteiger partial charge in [0.15, 0.2) is 0 Å². The molecule has 5 unspecified atom stereocenters. The summed E-state index contributed by atoms with van der Waals surface area (Å²) in [7, 11) is 0. The Morgan fingerprint density at radius 1 is 1.40 bits per heavy atom. The van der Waals surface area contributed by atoms with E-state index in [1.807, 2.05) is 0 Å². The van der Waals surface area contributed by atoms with Crippen molar-refractivity contribution >= 4 is 5.91 Å². The van der Waals surface area contributed by atoms with Crippen molar-refractivity contribution in [2.75, 3.05) is 26.2 Å². The van der Waals surface area contributed by atoms with Crippen molar-refractivity contribution in [1.82, 2.24) is 15.5 Å². The van der Waals surface area contributed by atoms with E-state index < -0.39 is 0 Å². The van der Waals surface area contributed by atoms with Crippen molar-refractivity contribution in [3.05, 3.63) is 0 Å². The van der Waals surface area contributed by atoms with Gasteiger partial charge in [-0.25, -0.2) is 0 Å². The fourth-order valence-corrected chi connectivity index (χ4v) is 4.67. The zero-order valence-corrected chi connectivity index (χ0v) is 12.9. The van der Waals surface area contributed by atoms with Gasteiger partial charge in [0.05, 0.1) is 6.54 Å². The fraction of sp³-hybridized carbons (Fsp3) is 0.938. The standard InChI is InChI=1S/C16H29N3O/c1-11-9-19(6-5-17-11)10-16(20)18-12(2)15-8-13-3-4-14(15)7-13/h11-15,17H,3-10H2,1-2H3,(H,18,20). The van der Waals surface area contributed by atoms with Crippen molar-refractivity contribution in [3.8, 4) is 0 Å². The number of carbonyl (C=O) groups is 1. The minimum atomic E-state index is 0.217. The molecule has 4 nitrogen and oxygen atoms in total. The fourth-order valence-electron chi connectivity index (χ4n) is 4.67. The van der Waals surface area contributed by atoms with Crippen LogP contribution in [0.3, 0.4) is 0 Å². The number of carbonyl (C=O) groups excluding carboxylic acids is 1. The Morgan fingerprint density at radius 3 is 2.90 bits per heavy atom. The maximum atomic E-state index is 12.2. The highest BCUT2D eigenvalue weighted by Gasteiger charge is 2.42. The topological polar surface area (TPSA) is 44.4 Å². The molecule has 0 aromatic carbocycles. The van der Waals surface area contributed by atoms with Gasteiger partial charge in [0, 0.05) is 31.7 Å². The van der Waals surface area contributed by atoms with Gasteiger partial charge < -0.3 is 10.6 Å². The van der Waals surface area contributed by atoms with Crippen LogP contribution in [0.4, 0.5) is 0 Å². The average molecular weight is 279 g/mol. The van der Waals surface area contributed by atoms with Crippen LogP contribution in [0.1, 0.15) is 39.5 Å². The Kier molecular flexibility index (Phi) is 4.32. The Bertz CT molecular complexity index is 360. The number of nitrogens with one attached hydrogen (secondary N) is 2. The first-order chi connectivity index (χ1) is 9.61. The lowest BCUT2D eigenvalue weighted by molar-refractivity contribution is -0.123. The second-order valence-corrected chi connectivity index (χ2v) is 7.29. The van der Waals surface area contributed by atoms with Gasteiger partial charge in [-0.1, -0.05) is 6.42 Å². The van der Waals surface area contributed by atoms with E-state index in [0.29, 0.717) is 18.6 Å². The molecule has 2 bridgehead atoms. The van der Waals surface area contributed by atoms with Crippen molar-refractivity contribution in [2.24, 2.45) is 17.8 Å². The van der Waals surface area contributed by atoms with Gasteiger partial charge in [-0.05, 0) is 50.9 Å². The molecule has 5 atom stereocenters. The predicted molar refractivity (Wildman–Crippen MR) is 80.4 cm³/mol. The molecule has 114 valence electrons. The van der Waals surface area contributed by atoms with Crippen LogP contribution in [0.15, 0.2) is 0 Å². The summed E-state index contributed by atoms with van der Waals surface area (Å²) in [6, 6.07) is 0.859. The molecule has 0 aromatic rings. The van der Waals surface area contributed by atoms with Gasteiger partial charge in [-0.2, -0.15) is 0 Å². The van der Waals surface area contributed by atoms with E-state index in [4.69, 9.17) is 0 Å². The lowest BCUT2D eigenvalue weighted by Gasteiger charge is -2.33. The Balaban J connectivity index is 1.44. The van der Waals surface area contributed by atoms with Crippen LogP contribution < -0.4 is 10.6 Å². The molecule has 3 fully saturated rings. The normalized spacial score (nSPS) is 38.9. The third kappa shape index (κ3) is 3.17. The van der Waals surface area contributed by atoms with Crippen molar-refractivity contribution in [3.63, 3.8) is 0 Å². The molecular weight excluding hydrogens is 250 g/mol. The molecule has 3 rings (SSSR count). The lowest BCUT2D eigenvalue weighted by Crippen LogP contribution is -2.53. The summed E-state index contributed by atoms with van der Waals surface area (Å²) in [4.78, 5) is 14.5. The molecule has 2 saturated carbocycles. The summed E-state index contributed by atoms with van der Waals surface area (Å²) in [6.45, 7) is 7.93. The van der Waals surface area contributed by atoms with Crippen LogP contribution in [0, 0.1) is 17.8 Å². The smallest absolute Gasteiger partial charge is 0.234 e. The van der Waals surface area contributed by atoms with E-state index in [9.17, 15) is 4.79 Å². The van der Waals surface area contributed by atoms with E-state index >= 15 is 0 Å².